The van der Waals surface area contributed by atoms with Crippen LogP contribution in [-0.2, 0) is 18.2 Å². The average Bonchev–Trinajstić information content (AvgIpc) is 3.18. The second-order valence-corrected chi connectivity index (χ2v) is 5.77. The first-order chi connectivity index (χ1) is 10.2. The average molecular weight is 289 g/mol. The molecule has 5 heteroatoms. The van der Waals surface area contributed by atoms with Crippen molar-refractivity contribution >= 4 is 0 Å². The first-order valence-corrected chi connectivity index (χ1v) is 7.61. The molecule has 21 heavy (non-hydrogen) atoms. The molecule has 1 N–H and O–H groups in total. The number of furan rings is 1. The number of imidazole rings is 1. The fourth-order valence-corrected chi connectivity index (χ4v) is 2.93. The fraction of sp³-hybridized carbons (Fsp3) is 0.562. The Morgan fingerprint density at radius 3 is 3.14 bits per heavy atom. The number of aryl methyl sites for hydroxylation is 2. The van der Waals surface area contributed by atoms with Crippen LogP contribution < -0.4 is 5.32 Å². The quantitative estimate of drug-likeness (QED) is 0.887. The van der Waals surface area contributed by atoms with Crippen LogP contribution in [0.4, 0.5) is 0 Å². The third kappa shape index (κ3) is 3.36. The molecule has 0 bridgehead atoms. The molecule has 5 nitrogen and oxygen atoms in total. The van der Waals surface area contributed by atoms with Crippen molar-refractivity contribution < 1.29 is 9.15 Å². The van der Waals surface area contributed by atoms with Gasteiger partial charge in [-0.3, -0.25) is 0 Å². The lowest BCUT2D eigenvalue weighted by Gasteiger charge is -2.23. The molecular weight excluding hydrogens is 266 g/mol. The highest BCUT2D eigenvalue weighted by atomic mass is 16.5. The molecule has 3 heterocycles. The molecule has 1 unspecified atom stereocenters. The SMILES string of the molecule is CC(CCc1ccco1)N[C@H]1CCO[C@@H]1c1nccn1C. The number of hydrogen-bond acceptors (Lipinski definition) is 4. The molecule has 2 aromatic heterocycles. The van der Waals surface area contributed by atoms with Crippen LogP contribution in [0.2, 0.25) is 0 Å². The summed E-state index contributed by atoms with van der Waals surface area (Å²) in [6, 6.07) is 4.72. The molecule has 0 aliphatic carbocycles. The number of rotatable bonds is 6. The predicted octanol–water partition coefficient (Wildman–Crippen LogP) is 2.45. The summed E-state index contributed by atoms with van der Waals surface area (Å²) in [5.74, 6) is 2.05. The van der Waals surface area contributed by atoms with Crippen LogP contribution in [0, 0.1) is 0 Å². The van der Waals surface area contributed by atoms with Gasteiger partial charge in [-0.25, -0.2) is 4.98 Å². The molecular formula is C16H23N3O2. The largest absolute Gasteiger partial charge is 0.469 e. The molecule has 0 amide bonds. The van der Waals surface area contributed by atoms with Gasteiger partial charge in [0, 0.05) is 44.6 Å². The van der Waals surface area contributed by atoms with E-state index in [0.29, 0.717) is 12.1 Å². The maximum absolute atomic E-state index is 5.88. The third-order valence-corrected chi connectivity index (χ3v) is 4.11. The Morgan fingerprint density at radius 1 is 1.52 bits per heavy atom. The van der Waals surface area contributed by atoms with E-state index in [1.807, 2.05) is 36.1 Å². The van der Waals surface area contributed by atoms with E-state index in [-0.39, 0.29) is 6.10 Å². The van der Waals surface area contributed by atoms with E-state index in [1.54, 1.807) is 6.26 Å². The lowest BCUT2D eigenvalue weighted by Crippen LogP contribution is -2.39. The topological polar surface area (TPSA) is 52.2 Å². The minimum atomic E-state index is 0.0519. The van der Waals surface area contributed by atoms with Gasteiger partial charge in [0.05, 0.1) is 6.26 Å². The highest BCUT2D eigenvalue weighted by Crippen LogP contribution is 2.28. The van der Waals surface area contributed by atoms with Gasteiger partial charge in [-0.1, -0.05) is 0 Å². The van der Waals surface area contributed by atoms with Crippen molar-refractivity contribution in [2.45, 2.75) is 44.4 Å². The number of nitrogens with one attached hydrogen (secondary N) is 1. The number of ether oxygens (including phenoxy) is 1. The van der Waals surface area contributed by atoms with Crippen molar-refractivity contribution in [2.75, 3.05) is 6.61 Å². The second-order valence-electron chi connectivity index (χ2n) is 5.77. The Morgan fingerprint density at radius 2 is 2.43 bits per heavy atom. The van der Waals surface area contributed by atoms with Crippen LogP contribution in [0.5, 0.6) is 0 Å². The van der Waals surface area contributed by atoms with E-state index in [2.05, 4.69) is 17.2 Å². The first kappa shape index (κ1) is 14.4. The van der Waals surface area contributed by atoms with E-state index in [1.165, 1.54) is 0 Å². The van der Waals surface area contributed by atoms with E-state index in [9.17, 15) is 0 Å². The Kier molecular flexibility index (Phi) is 4.41. The van der Waals surface area contributed by atoms with Gasteiger partial charge in [0.2, 0.25) is 0 Å². The predicted molar refractivity (Wildman–Crippen MR) is 79.9 cm³/mol. The Hall–Kier alpha value is -1.59. The van der Waals surface area contributed by atoms with Crippen LogP contribution in [0.3, 0.4) is 0 Å². The molecule has 1 fully saturated rings. The van der Waals surface area contributed by atoms with Gasteiger partial charge >= 0.3 is 0 Å². The number of aromatic nitrogens is 2. The third-order valence-electron chi connectivity index (χ3n) is 4.11. The van der Waals surface area contributed by atoms with Crippen molar-refractivity contribution in [3.8, 4) is 0 Å². The maximum atomic E-state index is 5.88. The molecule has 0 spiro atoms. The summed E-state index contributed by atoms with van der Waals surface area (Å²) in [6.45, 7) is 3.01. The van der Waals surface area contributed by atoms with Gasteiger partial charge < -0.3 is 19.0 Å². The van der Waals surface area contributed by atoms with Crippen molar-refractivity contribution in [3.63, 3.8) is 0 Å². The summed E-state index contributed by atoms with van der Waals surface area (Å²) in [5, 5.41) is 3.69. The van der Waals surface area contributed by atoms with E-state index >= 15 is 0 Å². The lowest BCUT2D eigenvalue weighted by atomic mass is 10.1. The van der Waals surface area contributed by atoms with Gasteiger partial charge in [0.15, 0.2) is 0 Å². The minimum Gasteiger partial charge on any atom is -0.469 e. The van der Waals surface area contributed by atoms with E-state index < -0.39 is 0 Å². The summed E-state index contributed by atoms with van der Waals surface area (Å²) in [5.41, 5.74) is 0. The minimum absolute atomic E-state index is 0.0519. The summed E-state index contributed by atoms with van der Waals surface area (Å²) >= 11 is 0. The molecule has 3 atom stereocenters. The highest BCUT2D eigenvalue weighted by molar-refractivity contribution is 5.03. The summed E-state index contributed by atoms with van der Waals surface area (Å²) < 4.78 is 13.3. The molecule has 1 aliphatic rings. The zero-order valence-corrected chi connectivity index (χ0v) is 12.7. The summed E-state index contributed by atoms with van der Waals surface area (Å²) in [7, 11) is 2.02. The fourth-order valence-electron chi connectivity index (χ4n) is 2.93. The van der Waals surface area contributed by atoms with Crippen LogP contribution in [-0.4, -0.2) is 28.2 Å². The summed E-state index contributed by atoms with van der Waals surface area (Å²) in [4.78, 5) is 4.42. The molecule has 2 aromatic rings. The molecule has 0 saturated carbocycles. The van der Waals surface area contributed by atoms with Crippen molar-refractivity contribution in [2.24, 2.45) is 7.05 Å². The Balaban J connectivity index is 1.55. The van der Waals surface area contributed by atoms with Gasteiger partial charge in [-0.05, 0) is 31.9 Å². The molecule has 3 rings (SSSR count). The molecule has 1 aliphatic heterocycles. The van der Waals surface area contributed by atoms with Gasteiger partial charge in [0.25, 0.3) is 0 Å². The number of hydrogen-bond donors (Lipinski definition) is 1. The summed E-state index contributed by atoms with van der Waals surface area (Å²) in [6.07, 6.45) is 8.62. The van der Waals surface area contributed by atoms with Crippen LogP contribution in [0.15, 0.2) is 35.2 Å². The van der Waals surface area contributed by atoms with Crippen LogP contribution in [0.1, 0.15) is 37.5 Å². The molecule has 1 saturated heterocycles. The maximum Gasteiger partial charge on any atom is 0.139 e. The molecule has 0 radical (unpaired) electrons. The van der Waals surface area contributed by atoms with Crippen molar-refractivity contribution in [1.29, 1.82) is 0 Å². The van der Waals surface area contributed by atoms with E-state index in [0.717, 1.165) is 37.5 Å². The smallest absolute Gasteiger partial charge is 0.139 e. The Labute approximate surface area is 125 Å². The number of nitrogens with zero attached hydrogens (tertiary/aromatic N) is 2. The zero-order valence-electron chi connectivity index (χ0n) is 12.7. The van der Waals surface area contributed by atoms with Gasteiger partial charge in [0.1, 0.15) is 17.7 Å². The first-order valence-electron chi connectivity index (χ1n) is 7.61. The van der Waals surface area contributed by atoms with Crippen LogP contribution >= 0.6 is 0 Å². The highest BCUT2D eigenvalue weighted by Gasteiger charge is 2.32. The van der Waals surface area contributed by atoms with Crippen molar-refractivity contribution in [1.82, 2.24) is 14.9 Å². The molecule has 0 aromatic carbocycles. The zero-order chi connectivity index (χ0) is 14.7. The van der Waals surface area contributed by atoms with Crippen LogP contribution in [0.25, 0.3) is 0 Å². The van der Waals surface area contributed by atoms with Gasteiger partial charge in [-0.15, -0.1) is 0 Å². The Bertz CT molecular complexity index is 550. The lowest BCUT2D eigenvalue weighted by molar-refractivity contribution is 0.0874. The van der Waals surface area contributed by atoms with Crippen molar-refractivity contribution in [3.05, 3.63) is 42.4 Å². The molecule has 114 valence electrons. The monoisotopic (exact) mass is 289 g/mol. The second kappa shape index (κ2) is 6.45. The van der Waals surface area contributed by atoms with Gasteiger partial charge in [-0.2, -0.15) is 0 Å². The van der Waals surface area contributed by atoms with E-state index in [4.69, 9.17) is 9.15 Å². The normalized spacial score (nSPS) is 23.5. The standard InChI is InChI=1S/C16H23N3O2/c1-12(5-6-13-4-3-10-20-13)18-14-7-11-21-15(14)16-17-8-9-19(16)2/h3-4,8-10,12,14-15,18H,5-7,11H2,1-2H3/t12?,14-,15-/m0/s1.